The van der Waals surface area contributed by atoms with Crippen molar-refractivity contribution in [1.82, 2.24) is 0 Å². The highest BCUT2D eigenvalue weighted by Crippen LogP contribution is 2.28. The standard InChI is InChI=1S/C15H16FN/c1-9-4-5-12(6-10(9)2)13-8-15(17)11(3)7-14(13)16/h4-8H,17H2,1-3H3. The van der Waals surface area contributed by atoms with Gasteiger partial charge in [-0.3, -0.25) is 0 Å². The Balaban J connectivity index is 2.60. The van der Waals surface area contributed by atoms with Crippen molar-refractivity contribution in [1.29, 1.82) is 0 Å². The summed E-state index contributed by atoms with van der Waals surface area (Å²) in [5.41, 5.74) is 11.0. The van der Waals surface area contributed by atoms with E-state index in [1.807, 2.05) is 39.0 Å². The summed E-state index contributed by atoms with van der Waals surface area (Å²) in [6, 6.07) is 9.10. The van der Waals surface area contributed by atoms with Crippen molar-refractivity contribution in [2.24, 2.45) is 0 Å². The zero-order valence-corrected chi connectivity index (χ0v) is 10.3. The summed E-state index contributed by atoms with van der Waals surface area (Å²) < 4.78 is 13.9. The minimum Gasteiger partial charge on any atom is -0.398 e. The summed E-state index contributed by atoms with van der Waals surface area (Å²) in [5, 5.41) is 0. The van der Waals surface area contributed by atoms with Crippen molar-refractivity contribution < 1.29 is 4.39 Å². The van der Waals surface area contributed by atoms with Crippen LogP contribution in [-0.4, -0.2) is 0 Å². The first kappa shape index (κ1) is 11.6. The Hall–Kier alpha value is -1.83. The van der Waals surface area contributed by atoms with Crippen LogP contribution in [0.25, 0.3) is 11.1 Å². The number of aryl methyl sites for hydroxylation is 3. The zero-order chi connectivity index (χ0) is 12.6. The van der Waals surface area contributed by atoms with E-state index in [1.165, 1.54) is 11.6 Å². The Kier molecular flexibility index (Phi) is 2.88. The molecule has 0 radical (unpaired) electrons. The molecule has 0 spiro atoms. The van der Waals surface area contributed by atoms with Crippen LogP contribution in [-0.2, 0) is 0 Å². The molecular formula is C15H16FN. The molecule has 2 heteroatoms. The average Bonchev–Trinajstić information content (AvgIpc) is 2.27. The van der Waals surface area contributed by atoms with E-state index < -0.39 is 0 Å². The van der Waals surface area contributed by atoms with E-state index in [2.05, 4.69) is 0 Å². The van der Waals surface area contributed by atoms with Gasteiger partial charge in [0.05, 0.1) is 0 Å². The molecule has 2 N–H and O–H groups in total. The number of nitrogen functional groups attached to an aromatic ring is 1. The zero-order valence-electron chi connectivity index (χ0n) is 10.3. The molecule has 0 unspecified atom stereocenters. The van der Waals surface area contributed by atoms with Gasteiger partial charge in [-0.1, -0.05) is 18.2 Å². The molecule has 0 aliphatic rings. The molecular weight excluding hydrogens is 213 g/mol. The third kappa shape index (κ3) is 2.16. The van der Waals surface area contributed by atoms with E-state index in [9.17, 15) is 4.39 Å². The van der Waals surface area contributed by atoms with Gasteiger partial charge in [0.25, 0.3) is 0 Å². The molecule has 0 atom stereocenters. The van der Waals surface area contributed by atoms with E-state index in [0.29, 0.717) is 11.3 Å². The Bertz CT molecular complexity index is 573. The van der Waals surface area contributed by atoms with Gasteiger partial charge >= 0.3 is 0 Å². The van der Waals surface area contributed by atoms with E-state index in [4.69, 9.17) is 5.73 Å². The van der Waals surface area contributed by atoms with Gasteiger partial charge in [-0.05, 0) is 55.2 Å². The lowest BCUT2D eigenvalue weighted by atomic mass is 9.98. The lowest BCUT2D eigenvalue weighted by Gasteiger charge is -2.09. The molecule has 0 aromatic heterocycles. The van der Waals surface area contributed by atoms with Crippen LogP contribution in [0.2, 0.25) is 0 Å². The summed E-state index contributed by atoms with van der Waals surface area (Å²) in [6.07, 6.45) is 0. The van der Waals surface area contributed by atoms with Crippen LogP contribution in [0.4, 0.5) is 10.1 Å². The number of rotatable bonds is 1. The molecule has 0 saturated carbocycles. The highest BCUT2D eigenvalue weighted by atomic mass is 19.1. The minimum atomic E-state index is -0.222. The van der Waals surface area contributed by atoms with Crippen molar-refractivity contribution in [2.75, 3.05) is 5.73 Å². The number of nitrogens with two attached hydrogens (primary N) is 1. The summed E-state index contributed by atoms with van der Waals surface area (Å²) >= 11 is 0. The maximum atomic E-state index is 13.9. The van der Waals surface area contributed by atoms with Crippen molar-refractivity contribution >= 4 is 5.69 Å². The van der Waals surface area contributed by atoms with Crippen molar-refractivity contribution in [3.8, 4) is 11.1 Å². The Morgan fingerprint density at radius 2 is 1.59 bits per heavy atom. The smallest absolute Gasteiger partial charge is 0.131 e. The SMILES string of the molecule is Cc1ccc(-c2cc(N)c(C)cc2F)cc1C. The normalized spacial score (nSPS) is 10.6. The molecule has 2 aromatic carbocycles. The second kappa shape index (κ2) is 4.21. The number of benzene rings is 2. The van der Waals surface area contributed by atoms with Crippen LogP contribution < -0.4 is 5.73 Å². The third-order valence-electron chi connectivity index (χ3n) is 3.17. The highest BCUT2D eigenvalue weighted by molar-refractivity contribution is 5.70. The number of halogens is 1. The van der Waals surface area contributed by atoms with E-state index >= 15 is 0 Å². The van der Waals surface area contributed by atoms with Crippen molar-refractivity contribution in [2.45, 2.75) is 20.8 Å². The number of hydrogen-bond acceptors (Lipinski definition) is 1. The van der Waals surface area contributed by atoms with Gasteiger partial charge in [0.2, 0.25) is 0 Å². The fraction of sp³-hybridized carbons (Fsp3) is 0.200. The Morgan fingerprint density at radius 3 is 2.24 bits per heavy atom. The van der Waals surface area contributed by atoms with Crippen LogP contribution in [0.5, 0.6) is 0 Å². The first-order valence-corrected chi connectivity index (χ1v) is 5.62. The van der Waals surface area contributed by atoms with E-state index in [-0.39, 0.29) is 5.82 Å². The average molecular weight is 229 g/mol. The topological polar surface area (TPSA) is 26.0 Å². The van der Waals surface area contributed by atoms with Gasteiger partial charge in [-0.25, -0.2) is 4.39 Å². The molecule has 0 saturated heterocycles. The fourth-order valence-electron chi connectivity index (χ4n) is 1.82. The van der Waals surface area contributed by atoms with E-state index in [1.54, 1.807) is 6.07 Å². The van der Waals surface area contributed by atoms with Gasteiger partial charge in [0.1, 0.15) is 5.82 Å². The molecule has 17 heavy (non-hydrogen) atoms. The highest BCUT2D eigenvalue weighted by Gasteiger charge is 2.08. The van der Waals surface area contributed by atoms with Crippen LogP contribution in [0.1, 0.15) is 16.7 Å². The van der Waals surface area contributed by atoms with Gasteiger partial charge in [-0.2, -0.15) is 0 Å². The summed E-state index contributed by atoms with van der Waals surface area (Å²) in [5.74, 6) is -0.222. The first-order chi connectivity index (χ1) is 7.99. The lowest BCUT2D eigenvalue weighted by Crippen LogP contribution is -1.94. The summed E-state index contributed by atoms with van der Waals surface area (Å²) in [6.45, 7) is 5.87. The molecule has 88 valence electrons. The Labute approximate surface area is 101 Å². The fourth-order valence-corrected chi connectivity index (χ4v) is 1.82. The lowest BCUT2D eigenvalue weighted by molar-refractivity contribution is 0.630. The maximum absolute atomic E-state index is 13.9. The second-order valence-electron chi connectivity index (χ2n) is 4.49. The van der Waals surface area contributed by atoms with Crippen molar-refractivity contribution in [3.05, 3.63) is 52.8 Å². The molecule has 2 aromatic rings. The number of anilines is 1. The van der Waals surface area contributed by atoms with Gasteiger partial charge < -0.3 is 5.73 Å². The second-order valence-corrected chi connectivity index (χ2v) is 4.49. The van der Waals surface area contributed by atoms with Crippen molar-refractivity contribution in [3.63, 3.8) is 0 Å². The molecule has 0 aliphatic heterocycles. The molecule has 0 heterocycles. The molecule has 0 aliphatic carbocycles. The largest absolute Gasteiger partial charge is 0.398 e. The van der Waals surface area contributed by atoms with Gasteiger partial charge in [0.15, 0.2) is 0 Å². The molecule has 1 nitrogen and oxygen atoms in total. The monoisotopic (exact) mass is 229 g/mol. The summed E-state index contributed by atoms with van der Waals surface area (Å²) in [4.78, 5) is 0. The molecule has 0 amide bonds. The summed E-state index contributed by atoms with van der Waals surface area (Å²) in [7, 11) is 0. The van der Waals surface area contributed by atoms with Gasteiger partial charge in [0, 0.05) is 11.3 Å². The predicted octanol–water partition coefficient (Wildman–Crippen LogP) is 4.00. The third-order valence-corrected chi connectivity index (χ3v) is 3.17. The van der Waals surface area contributed by atoms with Crippen LogP contribution in [0, 0.1) is 26.6 Å². The minimum absolute atomic E-state index is 0.222. The predicted molar refractivity (Wildman–Crippen MR) is 70.5 cm³/mol. The first-order valence-electron chi connectivity index (χ1n) is 5.62. The van der Waals surface area contributed by atoms with Crippen LogP contribution in [0.15, 0.2) is 30.3 Å². The maximum Gasteiger partial charge on any atom is 0.131 e. The molecule has 2 rings (SSSR count). The quantitative estimate of drug-likeness (QED) is 0.735. The van der Waals surface area contributed by atoms with Crippen LogP contribution in [0.3, 0.4) is 0 Å². The van der Waals surface area contributed by atoms with E-state index in [0.717, 1.165) is 16.7 Å². The molecule has 0 bridgehead atoms. The Morgan fingerprint density at radius 1 is 0.882 bits per heavy atom. The molecule has 0 fully saturated rings. The van der Waals surface area contributed by atoms with Crippen LogP contribution >= 0.6 is 0 Å². The number of hydrogen-bond donors (Lipinski definition) is 1. The van der Waals surface area contributed by atoms with Gasteiger partial charge in [-0.15, -0.1) is 0 Å².